The summed E-state index contributed by atoms with van der Waals surface area (Å²) in [6.07, 6.45) is 0.908. The fraction of sp³-hybridized carbons (Fsp3) is 0.529. The average molecular weight is 337 g/mol. The number of carbonyl (C=O) groups excluding carboxylic acids is 2. The summed E-state index contributed by atoms with van der Waals surface area (Å²) in [5, 5.41) is 10.1. The number of esters is 1. The van der Waals surface area contributed by atoms with Crippen LogP contribution in [-0.4, -0.2) is 56.4 Å². The van der Waals surface area contributed by atoms with Crippen molar-refractivity contribution in [3.05, 3.63) is 29.8 Å². The van der Waals surface area contributed by atoms with Crippen LogP contribution >= 0.6 is 0 Å². The van der Waals surface area contributed by atoms with E-state index in [4.69, 9.17) is 10.5 Å². The summed E-state index contributed by atoms with van der Waals surface area (Å²) < 4.78 is 10.2. The lowest BCUT2D eigenvalue weighted by Crippen LogP contribution is -3.14. The van der Waals surface area contributed by atoms with Crippen LogP contribution in [0.25, 0.3) is 0 Å². The molecule has 0 bridgehead atoms. The second-order valence-electron chi connectivity index (χ2n) is 6.12. The second-order valence-corrected chi connectivity index (χ2v) is 6.12. The van der Waals surface area contributed by atoms with Crippen LogP contribution in [-0.2, 0) is 9.53 Å². The van der Waals surface area contributed by atoms with Crippen LogP contribution in [0.5, 0.6) is 5.75 Å². The normalized spacial score (nSPS) is 21.8. The van der Waals surface area contributed by atoms with Gasteiger partial charge in [0.15, 0.2) is 0 Å². The molecule has 132 valence electrons. The molecule has 1 aromatic carbocycles. The van der Waals surface area contributed by atoms with Gasteiger partial charge in [0.2, 0.25) is 5.91 Å². The van der Waals surface area contributed by atoms with Gasteiger partial charge in [-0.15, -0.1) is 0 Å². The maximum atomic E-state index is 11.5. The third kappa shape index (κ3) is 5.21. The first-order chi connectivity index (χ1) is 11.5. The maximum Gasteiger partial charge on any atom is 0.337 e. The number of piperidine rings is 1. The highest BCUT2D eigenvalue weighted by Crippen LogP contribution is 2.14. The van der Waals surface area contributed by atoms with Crippen molar-refractivity contribution in [3.63, 3.8) is 0 Å². The van der Waals surface area contributed by atoms with E-state index in [-0.39, 0.29) is 18.4 Å². The van der Waals surface area contributed by atoms with Crippen molar-refractivity contribution in [1.82, 2.24) is 0 Å². The van der Waals surface area contributed by atoms with Crippen LogP contribution in [0.2, 0.25) is 0 Å². The van der Waals surface area contributed by atoms with Crippen molar-refractivity contribution < 1.29 is 29.1 Å². The van der Waals surface area contributed by atoms with Gasteiger partial charge in [-0.3, -0.25) is 4.79 Å². The summed E-state index contributed by atoms with van der Waals surface area (Å²) in [6, 6.07) is 6.66. The number of aliphatic hydroxyl groups excluding tert-OH is 1. The Hall–Kier alpha value is -2.12. The molecule has 1 heterocycles. The van der Waals surface area contributed by atoms with Crippen molar-refractivity contribution in [3.8, 4) is 5.75 Å². The van der Waals surface area contributed by atoms with E-state index >= 15 is 0 Å². The molecular formula is C17H25N2O5+. The summed E-state index contributed by atoms with van der Waals surface area (Å²) >= 11 is 0. The lowest BCUT2D eigenvalue weighted by atomic mass is 9.96. The Kier molecular flexibility index (Phi) is 6.57. The molecule has 0 aliphatic carbocycles. The van der Waals surface area contributed by atoms with Gasteiger partial charge in [0.05, 0.1) is 25.8 Å². The SMILES string of the molecule is COC(=O)c1cccc(OC[C@@H](O)C[NH+]2CCC(C(N)=O)CC2)c1. The van der Waals surface area contributed by atoms with Crippen LogP contribution in [0.1, 0.15) is 23.2 Å². The monoisotopic (exact) mass is 337 g/mol. The highest BCUT2D eigenvalue weighted by atomic mass is 16.5. The summed E-state index contributed by atoms with van der Waals surface area (Å²) in [6.45, 7) is 2.35. The molecule has 7 nitrogen and oxygen atoms in total. The number of primary amides is 1. The van der Waals surface area contributed by atoms with Crippen molar-refractivity contribution in [2.24, 2.45) is 11.7 Å². The van der Waals surface area contributed by atoms with Crippen LogP contribution in [0.4, 0.5) is 0 Å². The number of nitrogens with two attached hydrogens (primary N) is 1. The first-order valence-electron chi connectivity index (χ1n) is 8.11. The number of methoxy groups -OCH3 is 1. The van der Waals surface area contributed by atoms with E-state index in [0.717, 1.165) is 25.9 Å². The molecule has 24 heavy (non-hydrogen) atoms. The average Bonchev–Trinajstić information content (AvgIpc) is 2.60. The van der Waals surface area contributed by atoms with Gasteiger partial charge in [-0.05, 0) is 18.2 Å². The van der Waals surface area contributed by atoms with Crippen molar-refractivity contribution in [2.45, 2.75) is 18.9 Å². The lowest BCUT2D eigenvalue weighted by molar-refractivity contribution is -0.908. The number of nitrogens with one attached hydrogen (secondary N) is 1. The van der Waals surface area contributed by atoms with Gasteiger partial charge in [-0.1, -0.05) is 6.07 Å². The molecule has 2 rings (SSSR count). The van der Waals surface area contributed by atoms with E-state index in [2.05, 4.69) is 4.74 Å². The van der Waals surface area contributed by atoms with Crippen molar-refractivity contribution in [1.29, 1.82) is 0 Å². The van der Waals surface area contributed by atoms with Crippen LogP contribution in [0, 0.1) is 5.92 Å². The predicted octanol–water partition coefficient (Wildman–Crippen LogP) is -1.01. The number of rotatable bonds is 7. The Labute approximate surface area is 141 Å². The molecule has 4 N–H and O–H groups in total. The Balaban J connectivity index is 1.76. The zero-order chi connectivity index (χ0) is 17.5. The van der Waals surface area contributed by atoms with E-state index in [1.165, 1.54) is 12.0 Å². The zero-order valence-corrected chi connectivity index (χ0v) is 13.9. The summed E-state index contributed by atoms with van der Waals surface area (Å²) in [4.78, 5) is 23.9. The smallest absolute Gasteiger partial charge is 0.337 e. The molecule has 1 atom stereocenters. The number of benzene rings is 1. The number of ether oxygens (including phenoxy) is 2. The number of amides is 1. The third-order valence-electron chi connectivity index (χ3n) is 4.32. The van der Waals surface area contributed by atoms with Gasteiger partial charge in [-0.25, -0.2) is 4.79 Å². The molecule has 0 spiro atoms. The molecule has 0 unspecified atom stereocenters. The molecule has 0 aromatic heterocycles. The first-order valence-corrected chi connectivity index (χ1v) is 8.11. The Morgan fingerprint density at radius 3 is 2.71 bits per heavy atom. The topological polar surface area (TPSA) is 103 Å². The minimum atomic E-state index is -0.619. The molecule has 1 amide bonds. The Bertz CT molecular complexity index is 570. The van der Waals surface area contributed by atoms with Crippen LogP contribution in [0.15, 0.2) is 24.3 Å². The molecule has 1 aliphatic rings. The summed E-state index contributed by atoms with van der Waals surface area (Å²) in [5.41, 5.74) is 5.73. The Morgan fingerprint density at radius 1 is 1.38 bits per heavy atom. The van der Waals surface area contributed by atoms with E-state index in [9.17, 15) is 14.7 Å². The Morgan fingerprint density at radius 2 is 2.08 bits per heavy atom. The van der Waals surface area contributed by atoms with E-state index in [1.54, 1.807) is 24.3 Å². The van der Waals surface area contributed by atoms with E-state index < -0.39 is 12.1 Å². The molecule has 0 saturated carbocycles. The second kappa shape index (κ2) is 8.65. The summed E-state index contributed by atoms with van der Waals surface area (Å²) in [7, 11) is 1.32. The molecule has 1 saturated heterocycles. The molecule has 0 radical (unpaired) electrons. The fourth-order valence-corrected chi connectivity index (χ4v) is 2.93. The molecule has 1 fully saturated rings. The standard InChI is InChI=1S/C17H24N2O5/c1-23-17(22)13-3-2-4-15(9-13)24-11-14(20)10-19-7-5-12(6-8-19)16(18)21/h2-4,9,12,14,20H,5-8,10-11H2,1H3,(H2,18,21)/p+1/t14-/m0/s1. The highest BCUT2D eigenvalue weighted by molar-refractivity contribution is 5.89. The minimum absolute atomic E-state index is 0.0387. The molecule has 1 aliphatic heterocycles. The number of aliphatic hydroxyl groups is 1. The van der Waals surface area contributed by atoms with Gasteiger partial charge in [-0.2, -0.15) is 0 Å². The quantitative estimate of drug-likeness (QED) is 0.554. The largest absolute Gasteiger partial charge is 0.491 e. The lowest BCUT2D eigenvalue weighted by Gasteiger charge is -2.29. The van der Waals surface area contributed by atoms with Crippen LogP contribution < -0.4 is 15.4 Å². The predicted molar refractivity (Wildman–Crippen MR) is 86.8 cm³/mol. The first kappa shape index (κ1) is 18.2. The van der Waals surface area contributed by atoms with Gasteiger partial charge in [0, 0.05) is 18.8 Å². The number of carbonyl (C=O) groups is 2. The number of hydrogen-bond donors (Lipinski definition) is 3. The van der Waals surface area contributed by atoms with Gasteiger partial charge >= 0.3 is 5.97 Å². The third-order valence-corrected chi connectivity index (χ3v) is 4.32. The molecule has 1 aromatic rings. The van der Waals surface area contributed by atoms with Gasteiger partial charge in [0.1, 0.15) is 25.0 Å². The fourth-order valence-electron chi connectivity index (χ4n) is 2.93. The maximum absolute atomic E-state index is 11.5. The molecule has 7 heteroatoms. The number of hydrogen-bond acceptors (Lipinski definition) is 5. The number of quaternary nitrogens is 1. The van der Waals surface area contributed by atoms with E-state index in [0.29, 0.717) is 17.9 Å². The number of likely N-dealkylation sites (tertiary alicyclic amines) is 1. The zero-order valence-electron chi connectivity index (χ0n) is 13.9. The molecular weight excluding hydrogens is 312 g/mol. The minimum Gasteiger partial charge on any atom is -0.491 e. The van der Waals surface area contributed by atoms with E-state index in [1.807, 2.05) is 0 Å². The van der Waals surface area contributed by atoms with Gasteiger partial charge in [0.25, 0.3) is 0 Å². The van der Waals surface area contributed by atoms with Crippen LogP contribution in [0.3, 0.4) is 0 Å². The summed E-state index contributed by atoms with van der Waals surface area (Å²) in [5.74, 6) is -0.186. The highest BCUT2D eigenvalue weighted by Gasteiger charge is 2.27. The van der Waals surface area contributed by atoms with Gasteiger partial charge < -0.3 is 25.2 Å². The van der Waals surface area contributed by atoms with Crippen molar-refractivity contribution >= 4 is 11.9 Å². The van der Waals surface area contributed by atoms with Crippen molar-refractivity contribution in [2.75, 3.05) is 33.4 Å².